The maximum absolute atomic E-state index is 13.8. The maximum Gasteiger partial charge on any atom is 0.338 e. The molecule has 0 amide bonds. The van der Waals surface area contributed by atoms with Crippen molar-refractivity contribution < 1.29 is 24.0 Å². The van der Waals surface area contributed by atoms with Gasteiger partial charge in [0.2, 0.25) is 0 Å². The summed E-state index contributed by atoms with van der Waals surface area (Å²) in [6, 6.07) is 1.60. The first kappa shape index (κ1) is 15.2. The molecule has 0 aromatic heterocycles. The van der Waals surface area contributed by atoms with Crippen LogP contribution in [0.3, 0.4) is 0 Å². The number of nitro groups is 1. The molecule has 2 rings (SSSR count). The highest BCUT2D eigenvalue weighted by Crippen LogP contribution is 2.33. The third-order valence-corrected chi connectivity index (χ3v) is 3.55. The average Bonchev–Trinajstić information content (AvgIpc) is 2.38. The van der Waals surface area contributed by atoms with Gasteiger partial charge in [-0.05, 0) is 19.8 Å². The molecule has 7 nitrogen and oxygen atoms in total. The largest absolute Gasteiger partial charge is 0.478 e. The van der Waals surface area contributed by atoms with Crippen molar-refractivity contribution in [2.75, 3.05) is 18.5 Å². The SMILES string of the molecule is CC1(Nc2cc(F)c(C(=O)O)cc2[N+](=O)[O-])CCOCC1. The topological polar surface area (TPSA) is 102 Å². The van der Waals surface area contributed by atoms with Crippen molar-refractivity contribution in [1.29, 1.82) is 0 Å². The Balaban J connectivity index is 2.40. The zero-order chi connectivity index (χ0) is 15.6. The summed E-state index contributed by atoms with van der Waals surface area (Å²) in [7, 11) is 0. The average molecular weight is 298 g/mol. The molecule has 114 valence electrons. The van der Waals surface area contributed by atoms with Gasteiger partial charge in [-0.3, -0.25) is 10.1 Å². The van der Waals surface area contributed by atoms with Crippen molar-refractivity contribution in [1.82, 2.24) is 0 Å². The van der Waals surface area contributed by atoms with Gasteiger partial charge in [0.05, 0.1) is 4.92 Å². The zero-order valence-electron chi connectivity index (χ0n) is 11.4. The van der Waals surface area contributed by atoms with Gasteiger partial charge in [0, 0.05) is 30.9 Å². The highest BCUT2D eigenvalue weighted by molar-refractivity contribution is 5.90. The number of nitrogens with one attached hydrogen (secondary N) is 1. The van der Waals surface area contributed by atoms with Crippen LogP contribution in [-0.2, 0) is 4.74 Å². The fraction of sp³-hybridized carbons (Fsp3) is 0.462. The minimum absolute atomic E-state index is 0.0214. The van der Waals surface area contributed by atoms with E-state index in [0.29, 0.717) is 26.1 Å². The van der Waals surface area contributed by atoms with E-state index in [1.54, 1.807) is 0 Å². The summed E-state index contributed by atoms with van der Waals surface area (Å²) in [4.78, 5) is 21.2. The molecule has 0 aliphatic carbocycles. The molecule has 21 heavy (non-hydrogen) atoms. The molecule has 0 bridgehead atoms. The van der Waals surface area contributed by atoms with Crippen molar-refractivity contribution >= 4 is 17.3 Å². The third kappa shape index (κ3) is 3.27. The lowest BCUT2D eigenvalue weighted by atomic mass is 9.92. The first-order valence-corrected chi connectivity index (χ1v) is 6.39. The predicted molar refractivity (Wildman–Crippen MR) is 72.1 cm³/mol. The summed E-state index contributed by atoms with van der Waals surface area (Å²) in [5, 5.41) is 22.9. The minimum atomic E-state index is -1.54. The summed E-state index contributed by atoms with van der Waals surface area (Å²) < 4.78 is 19.0. The Morgan fingerprint density at radius 1 is 1.48 bits per heavy atom. The van der Waals surface area contributed by atoms with E-state index in [0.717, 1.165) is 12.1 Å². The maximum atomic E-state index is 13.8. The molecule has 1 saturated heterocycles. The molecule has 1 aliphatic heterocycles. The standard InChI is InChI=1S/C13H15FN2O5/c1-13(2-4-21-5-3-13)15-10-7-9(14)8(12(17)18)6-11(10)16(19)20/h6-7,15H,2-5H2,1H3,(H,17,18). The molecule has 1 heterocycles. The Bertz CT molecular complexity index is 584. The number of carbonyl (C=O) groups is 1. The van der Waals surface area contributed by atoms with Crippen LogP contribution < -0.4 is 5.32 Å². The van der Waals surface area contributed by atoms with Crippen molar-refractivity contribution in [3.8, 4) is 0 Å². The number of rotatable bonds is 4. The molecule has 8 heteroatoms. The number of anilines is 1. The van der Waals surface area contributed by atoms with Crippen LogP contribution in [0, 0.1) is 15.9 Å². The molecular formula is C13H15FN2O5. The van der Waals surface area contributed by atoms with E-state index in [-0.39, 0.29) is 5.69 Å². The summed E-state index contributed by atoms with van der Waals surface area (Å²) in [5.41, 5.74) is -1.65. The van der Waals surface area contributed by atoms with Crippen LogP contribution in [0.5, 0.6) is 0 Å². The number of hydrogen-bond donors (Lipinski definition) is 2. The fourth-order valence-corrected chi connectivity index (χ4v) is 2.25. The van der Waals surface area contributed by atoms with Gasteiger partial charge < -0.3 is 15.2 Å². The van der Waals surface area contributed by atoms with E-state index < -0.39 is 33.5 Å². The smallest absolute Gasteiger partial charge is 0.338 e. The quantitative estimate of drug-likeness (QED) is 0.653. The first-order valence-electron chi connectivity index (χ1n) is 6.39. The van der Waals surface area contributed by atoms with Gasteiger partial charge in [0.1, 0.15) is 17.1 Å². The molecule has 1 aromatic rings. The molecule has 0 saturated carbocycles. The number of nitro benzene ring substituents is 1. The molecular weight excluding hydrogens is 283 g/mol. The van der Waals surface area contributed by atoms with Crippen LogP contribution in [0.1, 0.15) is 30.1 Å². The van der Waals surface area contributed by atoms with Gasteiger partial charge in [-0.15, -0.1) is 0 Å². The van der Waals surface area contributed by atoms with Gasteiger partial charge >= 0.3 is 5.97 Å². The Labute approximate surface area is 119 Å². The first-order chi connectivity index (χ1) is 9.82. The van der Waals surface area contributed by atoms with Crippen LogP contribution in [-0.4, -0.2) is 34.8 Å². The van der Waals surface area contributed by atoms with Crippen molar-refractivity contribution in [3.63, 3.8) is 0 Å². The van der Waals surface area contributed by atoms with Gasteiger partial charge in [0.15, 0.2) is 0 Å². The molecule has 0 atom stereocenters. The van der Waals surface area contributed by atoms with E-state index >= 15 is 0 Å². The number of halogens is 1. The highest BCUT2D eigenvalue weighted by Gasteiger charge is 2.31. The number of carboxylic acid groups (broad SMARTS) is 1. The summed E-state index contributed by atoms with van der Waals surface area (Å²) in [6.45, 7) is 2.88. The lowest BCUT2D eigenvalue weighted by Crippen LogP contribution is -2.40. The second-order valence-electron chi connectivity index (χ2n) is 5.21. The Morgan fingerprint density at radius 3 is 2.62 bits per heavy atom. The molecule has 1 aliphatic rings. The second kappa shape index (κ2) is 5.65. The fourth-order valence-electron chi connectivity index (χ4n) is 2.25. The van der Waals surface area contributed by atoms with Crippen molar-refractivity contribution in [3.05, 3.63) is 33.6 Å². The Kier molecular flexibility index (Phi) is 4.08. The second-order valence-corrected chi connectivity index (χ2v) is 5.21. The molecule has 2 N–H and O–H groups in total. The van der Waals surface area contributed by atoms with Crippen molar-refractivity contribution in [2.45, 2.75) is 25.3 Å². The van der Waals surface area contributed by atoms with E-state index in [4.69, 9.17) is 9.84 Å². The Morgan fingerprint density at radius 2 is 2.10 bits per heavy atom. The third-order valence-electron chi connectivity index (χ3n) is 3.55. The molecule has 0 spiro atoms. The number of carboxylic acids is 1. The van der Waals surface area contributed by atoms with Crippen LogP contribution in [0.4, 0.5) is 15.8 Å². The monoisotopic (exact) mass is 298 g/mol. The van der Waals surface area contributed by atoms with Gasteiger partial charge in [-0.2, -0.15) is 0 Å². The molecule has 1 fully saturated rings. The van der Waals surface area contributed by atoms with Crippen LogP contribution in [0.25, 0.3) is 0 Å². The summed E-state index contributed by atoms with van der Waals surface area (Å²) >= 11 is 0. The van der Waals surface area contributed by atoms with Crippen LogP contribution in [0.15, 0.2) is 12.1 Å². The summed E-state index contributed by atoms with van der Waals surface area (Å²) in [5.74, 6) is -2.55. The molecule has 0 unspecified atom stereocenters. The lowest BCUT2D eigenvalue weighted by Gasteiger charge is -2.35. The highest BCUT2D eigenvalue weighted by atomic mass is 19.1. The summed E-state index contributed by atoms with van der Waals surface area (Å²) in [6.07, 6.45) is 1.24. The van der Waals surface area contributed by atoms with Gasteiger partial charge in [0.25, 0.3) is 5.69 Å². The van der Waals surface area contributed by atoms with E-state index in [1.807, 2.05) is 6.92 Å². The van der Waals surface area contributed by atoms with Gasteiger partial charge in [-0.25, -0.2) is 9.18 Å². The number of hydrogen-bond acceptors (Lipinski definition) is 5. The lowest BCUT2D eigenvalue weighted by molar-refractivity contribution is -0.384. The molecule has 1 aromatic carbocycles. The number of benzene rings is 1. The molecule has 0 radical (unpaired) electrons. The number of aromatic carboxylic acids is 1. The predicted octanol–water partition coefficient (Wildman–Crippen LogP) is 2.41. The van der Waals surface area contributed by atoms with Crippen LogP contribution in [0.2, 0.25) is 0 Å². The van der Waals surface area contributed by atoms with Crippen molar-refractivity contribution in [2.24, 2.45) is 0 Å². The van der Waals surface area contributed by atoms with Crippen LogP contribution >= 0.6 is 0 Å². The van der Waals surface area contributed by atoms with E-state index in [2.05, 4.69) is 5.32 Å². The van der Waals surface area contributed by atoms with E-state index in [1.165, 1.54) is 0 Å². The number of ether oxygens (including phenoxy) is 1. The normalized spacial score (nSPS) is 17.2. The Hall–Kier alpha value is -2.22. The van der Waals surface area contributed by atoms with Gasteiger partial charge in [-0.1, -0.05) is 0 Å². The zero-order valence-corrected chi connectivity index (χ0v) is 11.4. The minimum Gasteiger partial charge on any atom is -0.478 e. The number of nitrogens with zero attached hydrogens (tertiary/aromatic N) is 1. The van der Waals surface area contributed by atoms with E-state index in [9.17, 15) is 19.3 Å².